The SMILES string of the molecule is C=CCSc1ccccc1C(=O)NC. The van der Waals surface area contributed by atoms with Crippen molar-refractivity contribution in [2.45, 2.75) is 4.90 Å². The number of benzene rings is 1. The smallest absolute Gasteiger partial charge is 0.252 e. The van der Waals surface area contributed by atoms with Crippen LogP contribution in [0.2, 0.25) is 0 Å². The van der Waals surface area contributed by atoms with Crippen LogP contribution in [-0.4, -0.2) is 18.7 Å². The zero-order valence-corrected chi connectivity index (χ0v) is 8.93. The Bertz CT molecular complexity index is 336. The number of carbonyl (C=O) groups excluding carboxylic acids is 1. The van der Waals surface area contributed by atoms with Gasteiger partial charge in [0.25, 0.3) is 5.91 Å². The maximum absolute atomic E-state index is 11.4. The molecule has 0 aliphatic rings. The number of nitrogens with one attached hydrogen (secondary N) is 1. The summed E-state index contributed by atoms with van der Waals surface area (Å²) in [6.07, 6.45) is 1.82. The van der Waals surface area contributed by atoms with Crippen molar-refractivity contribution in [1.29, 1.82) is 0 Å². The van der Waals surface area contributed by atoms with Crippen LogP contribution in [0.3, 0.4) is 0 Å². The van der Waals surface area contributed by atoms with Crippen LogP contribution >= 0.6 is 11.8 Å². The van der Waals surface area contributed by atoms with E-state index in [2.05, 4.69) is 11.9 Å². The highest BCUT2D eigenvalue weighted by Gasteiger charge is 2.07. The summed E-state index contributed by atoms with van der Waals surface area (Å²) in [6.45, 7) is 3.65. The van der Waals surface area contributed by atoms with Crippen LogP contribution in [0, 0.1) is 0 Å². The van der Waals surface area contributed by atoms with E-state index in [1.54, 1.807) is 18.8 Å². The van der Waals surface area contributed by atoms with Crippen molar-refractivity contribution >= 4 is 17.7 Å². The van der Waals surface area contributed by atoms with Gasteiger partial charge in [0.15, 0.2) is 0 Å². The highest BCUT2D eigenvalue weighted by molar-refractivity contribution is 7.99. The molecule has 14 heavy (non-hydrogen) atoms. The summed E-state index contributed by atoms with van der Waals surface area (Å²) < 4.78 is 0. The van der Waals surface area contributed by atoms with Crippen molar-refractivity contribution < 1.29 is 4.79 Å². The number of hydrogen-bond donors (Lipinski definition) is 1. The van der Waals surface area contributed by atoms with Gasteiger partial charge in [0.1, 0.15) is 0 Å². The number of rotatable bonds is 4. The summed E-state index contributed by atoms with van der Waals surface area (Å²) in [7, 11) is 1.64. The van der Waals surface area contributed by atoms with E-state index >= 15 is 0 Å². The second-order valence-corrected chi connectivity index (χ2v) is 3.74. The van der Waals surface area contributed by atoms with Crippen LogP contribution in [0.4, 0.5) is 0 Å². The first-order valence-electron chi connectivity index (χ1n) is 4.34. The second-order valence-electron chi connectivity index (χ2n) is 2.67. The topological polar surface area (TPSA) is 29.1 Å². The van der Waals surface area contributed by atoms with Gasteiger partial charge in [-0.15, -0.1) is 18.3 Å². The standard InChI is InChI=1S/C11H13NOS/c1-3-8-14-10-7-5-4-6-9(10)11(13)12-2/h3-7H,1,8H2,2H3,(H,12,13). The third kappa shape index (κ3) is 2.64. The minimum Gasteiger partial charge on any atom is -0.355 e. The molecule has 1 N–H and O–H groups in total. The Hall–Kier alpha value is -1.22. The Morgan fingerprint density at radius 3 is 2.93 bits per heavy atom. The molecule has 0 saturated carbocycles. The predicted molar refractivity (Wildman–Crippen MR) is 60.8 cm³/mol. The first-order valence-corrected chi connectivity index (χ1v) is 5.33. The third-order valence-corrected chi connectivity index (χ3v) is 2.78. The molecule has 1 amide bonds. The van der Waals surface area contributed by atoms with Gasteiger partial charge < -0.3 is 5.32 Å². The summed E-state index contributed by atoms with van der Waals surface area (Å²) in [5, 5.41) is 2.62. The minimum absolute atomic E-state index is 0.0443. The number of carbonyl (C=O) groups is 1. The quantitative estimate of drug-likeness (QED) is 0.606. The van der Waals surface area contributed by atoms with Crippen molar-refractivity contribution in [3.05, 3.63) is 42.5 Å². The number of amides is 1. The molecule has 1 rings (SSSR count). The van der Waals surface area contributed by atoms with Gasteiger partial charge in [0.05, 0.1) is 5.56 Å². The maximum atomic E-state index is 11.4. The third-order valence-electron chi connectivity index (χ3n) is 1.72. The monoisotopic (exact) mass is 207 g/mol. The fourth-order valence-corrected chi connectivity index (χ4v) is 1.85. The highest BCUT2D eigenvalue weighted by atomic mass is 32.2. The van der Waals surface area contributed by atoms with Crippen LogP contribution in [0.5, 0.6) is 0 Å². The van der Waals surface area contributed by atoms with Gasteiger partial charge in [0, 0.05) is 17.7 Å². The van der Waals surface area contributed by atoms with Crippen molar-refractivity contribution in [3.63, 3.8) is 0 Å². The van der Waals surface area contributed by atoms with E-state index in [9.17, 15) is 4.79 Å². The fourth-order valence-electron chi connectivity index (χ4n) is 1.06. The lowest BCUT2D eigenvalue weighted by atomic mass is 10.2. The summed E-state index contributed by atoms with van der Waals surface area (Å²) in [6, 6.07) is 7.56. The molecule has 0 saturated heterocycles. The van der Waals surface area contributed by atoms with Gasteiger partial charge >= 0.3 is 0 Å². The molecule has 3 heteroatoms. The van der Waals surface area contributed by atoms with Gasteiger partial charge in [-0.1, -0.05) is 18.2 Å². The molecule has 0 aliphatic heterocycles. The second kappa shape index (κ2) is 5.50. The zero-order valence-electron chi connectivity index (χ0n) is 8.12. The average Bonchev–Trinajstić information content (AvgIpc) is 2.25. The van der Waals surface area contributed by atoms with Gasteiger partial charge in [0.2, 0.25) is 0 Å². The fraction of sp³-hybridized carbons (Fsp3) is 0.182. The summed E-state index contributed by atoms with van der Waals surface area (Å²) in [5.74, 6) is 0.769. The molecule has 0 aliphatic carbocycles. The maximum Gasteiger partial charge on any atom is 0.252 e. The molecule has 0 aromatic heterocycles. The Labute approximate surface area is 88.4 Å². The zero-order chi connectivity index (χ0) is 10.4. The molecule has 0 unspecified atom stereocenters. The average molecular weight is 207 g/mol. The van der Waals surface area contributed by atoms with Gasteiger partial charge in [-0.05, 0) is 12.1 Å². The van der Waals surface area contributed by atoms with E-state index in [0.29, 0.717) is 0 Å². The summed E-state index contributed by atoms with van der Waals surface area (Å²) in [5.41, 5.74) is 0.724. The predicted octanol–water partition coefficient (Wildman–Crippen LogP) is 2.32. The van der Waals surface area contributed by atoms with Crippen LogP contribution < -0.4 is 5.32 Å². The van der Waals surface area contributed by atoms with E-state index in [1.165, 1.54) is 0 Å². The summed E-state index contributed by atoms with van der Waals surface area (Å²) in [4.78, 5) is 12.4. The molecular weight excluding hydrogens is 194 g/mol. The minimum atomic E-state index is -0.0443. The van der Waals surface area contributed by atoms with Gasteiger partial charge in [-0.25, -0.2) is 0 Å². The first kappa shape index (κ1) is 10.9. The van der Waals surface area contributed by atoms with Crippen molar-refractivity contribution in [3.8, 4) is 0 Å². The largest absolute Gasteiger partial charge is 0.355 e. The molecule has 1 aromatic carbocycles. The van der Waals surface area contributed by atoms with Crippen molar-refractivity contribution in [2.24, 2.45) is 0 Å². The lowest BCUT2D eigenvalue weighted by molar-refractivity contribution is 0.0960. The lowest BCUT2D eigenvalue weighted by Gasteiger charge is -2.05. The Balaban J connectivity index is 2.90. The van der Waals surface area contributed by atoms with E-state index in [-0.39, 0.29) is 5.91 Å². The molecule has 0 heterocycles. The number of thioether (sulfide) groups is 1. The Kier molecular flexibility index (Phi) is 4.26. The molecule has 0 fully saturated rings. The van der Waals surface area contributed by atoms with Crippen LogP contribution in [0.25, 0.3) is 0 Å². The molecule has 0 bridgehead atoms. The van der Waals surface area contributed by atoms with Crippen LogP contribution in [0.15, 0.2) is 41.8 Å². The lowest BCUT2D eigenvalue weighted by Crippen LogP contribution is -2.18. The van der Waals surface area contributed by atoms with Crippen molar-refractivity contribution in [1.82, 2.24) is 5.32 Å². The molecule has 0 spiro atoms. The molecule has 2 nitrogen and oxygen atoms in total. The highest BCUT2D eigenvalue weighted by Crippen LogP contribution is 2.22. The first-order chi connectivity index (χ1) is 6.79. The number of hydrogen-bond acceptors (Lipinski definition) is 2. The summed E-state index contributed by atoms with van der Waals surface area (Å²) >= 11 is 1.61. The van der Waals surface area contributed by atoms with E-state index < -0.39 is 0 Å². The molecule has 74 valence electrons. The van der Waals surface area contributed by atoms with Crippen LogP contribution in [0.1, 0.15) is 10.4 Å². The molecule has 0 atom stereocenters. The van der Waals surface area contributed by atoms with Gasteiger partial charge in [-0.3, -0.25) is 4.79 Å². The van der Waals surface area contributed by atoms with E-state index in [1.807, 2.05) is 30.3 Å². The normalized spacial score (nSPS) is 9.50. The molecule has 1 aromatic rings. The van der Waals surface area contributed by atoms with E-state index in [4.69, 9.17) is 0 Å². The molecule has 0 radical (unpaired) electrons. The van der Waals surface area contributed by atoms with Crippen LogP contribution in [-0.2, 0) is 0 Å². The Morgan fingerprint density at radius 1 is 1.57 bits per heavy atom. The molecular formula is C11H13NOS. The Morgan fingerprint density at radius 2 is 2.29 bits per heavy atom. The van der Waals surface area contributed by atoms with E-state index in [0.717, 1.165) is 16.2 Å². The van der Waals surface area contributed by atoms with Crippen molar-refractivity contribution in [2.75, 3.05) is 12.8 Å². The van der Waals surface area contributed by atoms with Gasteiger partial charge in [-0.2, -0.15) is 0 Å².